The number of aliphatic hydroxyl groups is 1. The van der Waals surface area contributed by atoms with Gasteiger partial charge in [0.25, 0.3) is 5.09 Å². The first-order chi connectivity index (χ1) is 18.7. The van der Waals surface area contributed by atoms with Crippen molar-refractivity contribution in [3.8, 4) is 0 Å². The summed E-state index contributed by atoms with van der Waals surface area (Å²) < 4.78 is 4.94. The summed E-state index contributed by atoms with van der Waals surface area (Å²) in [6.07, 6.45) is 9.71. The van der Waals surface area contributed by atoms with Crippen LogP contribution in [0.4, 0.5) is 0 Å². The largest absolute Gasteiger partial charge is 0.481 e. The highest BCUT2D eigenvalue weighted by molar-refractivity contribution is 6.01. The van der Waals surface area contributed by atoms with Gasteiger partial charge in [0.1, 0.15) is 6.61 Å². The van der Waals surface area contributed by atoms with E-state index >= 15 is 0 Å². The van der Waals surface area contributed by atoms with Crippen LogP contribution in [0.5, 0.6) is 0 Å². The highest BCUT2D eigenvalue weighted by atomic mass is 17.0. The van der Waals surface area contributed by atoms with Crippen molar-refractivity contribution in [1.82, 2.24) is 0 Å². The maximum absolute atomic E-state index is 13.2. The lowest BCUT2D eigenvalue weighted by molar-refractivity contribution is -0.754. The highest BCUT2D eigenvalue weighted by Crippen LogP contribution is 2.67. The van der Waals surface area contributed by atoms with Gasteiger partial charge in [-0.25, -0.2) is 4.79 Å². The number of rotatable bonds is 9. The number of carboxylic acid groups (broad SMARTS) is 1. The van der Waals surface area contributed by atoms with Crippen LogP contribution in [0.15, 0.2) is 23.8 Å². The Balaban J connectivity index is 0.000000559. The normalized spacial score (nSPS) is 35.6. The molecule has 11 heteroatoms. The third kappa shape index (κ3) is 6.45. The van der Waals surface area contributed by atoms with Crippen molar-refractivity contribution in [3.63, 3.8) is 0 Å². The molecular weight excluding hydrogens is 522 g/mol. The number of fused-ring (bicyclic) bond motifs is 5. The van der Waals surface area contributed by atoms with Crippen LogP contribution in [0.25, 0.3) is 0 Å². The molecule has 0 saturated heterocycles. The topological polar surface area (TPSA) is 170 Å². The molecule has 0 heterocycles. The van der Waals surface area contributed by atoms with Crippen LogP contribution >= 0.6 is 0 Å². The summed E-state index contributed by atoms with van der Waals surface area (Å²) in [4.78, 5) is 60.7. The number of aliphatic carboxylic acids is 1. The number of aliphatic hydroxyl groups excluding tert-OH is 1. The number of esters is 1. The number of Topliss-reactive ketones (excluding diaryl/α,β-unsaturated/α-hetero) is 1. The predicted octanol–water partition coefficient (Wildman–Crippen LogP) is 3.71. The fourth-order valence-electron chi connectivity index (χ4n) is 8.10. The highest BCUT2D eigenvalue weighted by Gasteiger charge is 2.64. The number of ether oxygens (including phenoxy) is 1. The quantitative estimate of drug-likeness (QED) is 0.239. The minimum absolute atomic E-state index is 0.00521. The number of unbranched alkanes of at least 4 members (excludes halogenated alkanes) is 1. The van der Waals surface area contributed by atoms with E-state index < -0.39 is 41.8 Å². The fraction of sp³-hybridized carbons (Fsp3) is 0.724. The number of ketones is 2. The SMILES string of the molecule is CC1CC2C3CCC4=CC(=O)C=CC4(C)C3C(O)CC2(C)C1C(=O)COC(=O)CO[N+](=O)[O-].CCCCC(=O)O. The molecule has 4 rings (SSSR count). The van der Waals surface area contributed by atoms with Gasteiger partial charge in [-0.2, -0.15) is 0 Å². The van der Waals surface area contributed by atoms with E-state index in [1.165, 1.54) is 0 Å². The van der Waals surface area contributed by atoms with Gasteiger partial charge in [0.15, 0.2) is 18.2 Å². The van der Waals surface area contributed by atoms with Crippen molar-refractivity contribution in [2.24, 2.45) is 40.4 Å². The minimum Gasteiger partial charge on any atom is -0.481 e. The molecule has 3 saturated carbocycles. The van der Waals surface area contributed by atoms with Gasteiger partial charge < -0.3 is 19.8 Å². The predicted molar refractivity (Wildman–Crippen MR) is 142 cm³/mol. The lowest BCUT2D eigenvalue weighted by Crippen LogP contribution is -2.56. The smallest absolute Gasteiger partial charge is 0.332 e. The first kappa shape index (κ1) is 31.4. The van der Waals surface area contributed by atoms with Gasteiger partial charge in [-0.3, -0.25) is 14.4 Å². The van der Waals surface area contributed by atoms with E-state index in [1.54, 1.807) is 12.2 Å². The lowest BCUT2D eigenvalue weighted by atomic mass is 9.46. The summed E-state index contributed by atoms with van der Waals surface area (Å²) in [6, 6.07) is 0. The second-order valence-corrected chi connectivity index (χ2v) is 12.1. The third-order valence-electron chi connectivity index (χ3n) is 9.59. The van der Waals surface area contributed by atoms with Crippen LogP contribution in [-0.2, 0) is 28.8 Å². The molecule has 8 unspecified atom stereocenters. The van der Waals surface area contributed by atoms with Crippen LogP contribution in [0.3, 0.4) is 0 Å². The van der Waals surface area contributed by atoms with E-state index in [0.717, 1.165) is 37.7 Å². The Bertz CT molecular complexity index is 1080. The van der Waals surface area contributed by atoms with Crippen molar-refractivity contribution in [1.29, 1.82) is 0 Å². The molecule has 0 bridgehead atoms. The van der Waals surface area contributed by atoms with E-state index in [9.17, 15) is 34.4 Å². The Kier molecular flexibility index (Phi) is 9.92. The molecule has 3 fully saturated rings. The van der Waals surface area contributed by atoms with Crippen molar-refractivity contribution >= 4 is 23.5 Å². The molecule has 0 aliphatic heterocycles. The Hall–Kier alpha value is -3.08. The molecule has 222 valence electrons. The second kappa shape index (κ2) is 12.6. The molecule has 11 nitrogen and oxygen atoms in total. The van der Waals surface area contributed by atoms with Crippen LogP contribution < -0.4 is 0 Å². The molecule has 8 atom stereocenters. The average Bonchev–Trinajstić information content (AvgIpc) is 3.14. The van der Waals surface area contributed by atoms with Crippen molar-refractivity contribution in [2.45, 2.75) is 78.7 Å². The number of carbonyl (C=O) groups is 4. The Morgan fingerprint density at radius 2 is 1.93 bits per heavy atom. The van der Waals surface area contributed by atoms with Gasteiger partial charge in [-0.15, -0.1) is 10.1 Å². The monoisotopic (exact) mass is 563 g/mol. The molecule has 0 radical (unpaired) electrons. The summed E-state index contributed by atoms with van der Waals surface area (Å²) in [5.74, 6) is -1.78. The number of hydrogen-bond acceptors (Lipinski definition) is 9. The maximum atomic E-state index is 13.2. The zero-order valence-corrected chi connectivity index (χ0v) is 23.7. The van der Waals surface area contributed by atoms with E-state index in [1.807, 2.05) is 19.9 Å². The van der Waals surface area contributed by atoms with Gasteiger partial charge in [0.05, 0.1) is 6.10 Å². The van der Waals surface area contributed by atoms with Gasteiger partial charge in [0.2, 0.25) is 0 Å². The second-order valence-electron chi connectivity index (χ2n) is 12.1. The average molecular weight is 564 g/mol. The van der Waals surface area contributed by atoms with Gasteiger partial charge in [0, 0.05) is 23.7 Å². The first-order valence-electron chi connectivity index (χ1n) is 14.0. The Labute approximate surface area is 234 Å². The van der Waals surface area contributed by atoms with Crippen LogP contribution in [0, 0.1) is 50.5 Å². The minimum atomic E-state index is -1.09. The first-order valence-corrected chi connectivity index (χ1v) is 14.0. The summed E-state index contributed by atoms with van der Waals surface area (Å²) >= 11 is 0. The molecule has 4 aliphatic rings. The number of allylic oxidation sites excluding steroid dienone is 4. The zero-order valence-electron chi connectivity index (χ0n) is 23.7. The lowest BCUT2D eigenvalue weighted by Gasteiger charge is -2.58. The number of carbonyl (C=O) groups excluding carboxylic acids is 3. The zero-order chi connectivity index (χ0) is 29.8. The molecule has 0 aromatic heterocycles. The summed E-state index contributed by atoms with van der Waals surface area (Å²) in [6.45, 7) is 6.86. The van der Waals surface area contributed by atoms with Crippen molar-refractivity contribution < 1.29 is 44.1 Å². The van der Waals surface area contributed by atoms with Crippen LogP contribution in [0.2, 0.25) is 0 Å². The van der Waals surface area contributed by atoms with Gasteiger partial charge >= 0.3 is 11.9 Å². The molecule has 2 N–H and O–H groups in total. The Morgan fingerprint density at radius 1 is 1.23 bits per heavy atom. The molecule has 0 aromatic rings. The molecule has 0 aromatic carbocycles. The number of carboxylic acids is 1. The van der Waals surface area contributed by atoms with E-state index in [-0.39, 0.29) is 46.6 Å². The van der Waals surface area contributed by atoms with Crippen molar-refractivity contribution in [2.75, 3.05) is 13.2 Å². The summed E-state index contributed by atoms with van der Waals surface area (Å²) in [5, 5.41) is 28.6. The Morgan fingerprint density at radius 3 is 2.52 bits per heavy atom. The van der Waals surface area contributed by atoms with E-state index in [2.05, 4.69) is 18.7 Å². The fourth-order valence-corrected chi connectivity index (χ4v) is 8.10. The van der Waals surface area contributed by atoms with Crippen molar-refractivity contribution in [3.05, 3.63) is 33.9 Å². The summed E-state index contributed by atoms with van der Waals surface area (Å²) in [5.41, 5.74) is 0.281. The molecule has 40 heavy (non-hydrogen) atoms. The maximum Gasteiger partial charge on any atom is 0.332 e. The molecule has 0 spiro atoms. The van der Waals surface area contributed by atoms with Crippen LogP contribution in [-0.4, -0.2) is 58.1 Å². The van der Waals surface area contributed by atoms with E-state index in [0.29, 0.717) is 12.8 Å². The van der Waals surface area contributed by atoms with Crippen LogP contribution in [0.1, 0.15) is 72.6 Å². The molecule has 4 aliphatic carbocycles. The third-order valence-corrected chi connectivity index (χ3v) is 9.59. The number of nitrogens with zero attached hydrogens (tertiary/aromatic N) is 1. The standard InChI is InChI=1S/C24H31NO8.C5H10O2/c1-13-8-17-16-5-4-14-9-15(26)6-7-23(14,2)22(16)18(27)10-24(17,3)21(13)19(28)11-32-20(29)12-33-25(30)31;1-2-3-4-5(6)7/h6-7,9,13,16-18,21-22,27H,4-5,8,10-12H2,1-3H3;2-4H2,1H3,(H,6,7). The van der Waals surface area contributed by atoms with E-state index in [4.69, 9.17) is 9.84 Å². The molecule has 0 amide bonds. The van der Waals surface area contributed by atoms with Gasteiger partial charge in [-0.1, -0.05) is 45.8 Å². The van der Waals surface area contributed by atoms with Gasteiger partial charge in [-0.05, 0) is 67.4 Å². The molecular formula is C29H41NO10. The number of hydrogen-bond donors (Lipinski definition) is 2. The summed E-state index contributed by atoms with van der Waals surface area (Å²) in [7, 11) is 0.